The third-order valence-corrected chi connectivity index (χ3v) is 3.86. The minimum atomic E-state index is -0.375. The second kappa shape index (κ2) is 6.17. The lowest BCUT2D eigenvalue weighted by Crippen LogP contribution is -2.34. The van der Waals surface area contributed by atoms with Gasteiger partial charge in [-0.15, -0.1) is 0 Å². The van der Waals surface area contributed by atoms with E-state index >= 15 is 0 Å². The molecule has 6 heteroatoms. The second-order valence-corrected chi connectivity index (χ2v) is 5.41. The van der Waals surface area contributed by atoms with Crippen molar-refractivity contribution in [2.45, 2.75) is 19.4 Å². The van der Waals surface area contributed by atoms with Gasteiger partial charge in [0.1, 0.15) is 11.6 Å². The van der Waals surface area contributed by atoms with Crippen LogP contribution in [-0.4, -0.2) is 33.7 Å². The van der Waals surface area contributed by atoms with Gasteiger partial charge >= 0.3 is 0 Å². The van der Waals surface area contributed by atoms with Gasteiger partial charge in [-0.2, -0.15) is 5.10 Å². The first-order valence-corrected chi connectivity index (χ1v) is 7.29. The van der Waals surface area contributed by atoms with Crippen molar-refractivity contribution in [2.75, 3.05) is 13.2 Å². The van der Waals surface area contributed by atoms with Gasteiger partial charge in [-0.1, -0.05) is 6.07 Å². The van der Waals surface area contributed by atoms with Gasteiger partial charge in [0.15, 0.2) is 6.61 Å². The van der Waals surface area contributed by atoms with Gasteiger partial charge in [-0.25, -0.2) is 4.39 Å². The number of rotatable bonds is 3. The van der Waals surface area contributed by atoms with Crippen LogP contribution >= 0.6 is 0 Å². The molecule has 0 radical (unpaired) electrons. The fraction of sp³-hybridized carbons (Fsp3) is 0.375. The molecular formula is C16H18FN3O2. The van der Waals surface area contributed by atoms with Gasteiger partial charge in [0.25, 0.3) is 5.91 Å². The third-order valence-electron chi connectivity index (χ3n) is 3.86. The smallest absolute Gasteiger partial charge is 0.260 e. The summed E-state index contributed by atoms with van der Waals surface area (Å²) < 4.78 is 20.3. The van der Waals surface area contributed by atoms with E-state index < -0.39 is 0 Å². The molecule has 0 saturated carbocycles. The average Bonchev–Trinajstić information content (AvgIpc) is 2.73. The summed E-state index contributed by atoms with van der Waals surface area (Å²) in [5.41, 5.74) is 2.26. The van der Waals surface area contributed by atoms with E-state index in [1.165, 1.54) is 17.8 Å². The molecule has 2 heterocycles. The maximum atomic E-state index is 13.1. The molecule has 0 bridgehead atoms. The molecule has 0 N–H and O–H groups in total. The standard InChI is InChI=1S/C16H18FN3O2/c1-19-15-6-3-7-20(10-12(15)9-18-19)16(21)11-22-14-5-2-4-13(17)8-14/h2,4-5,8-9H,3,6-7,10-11H2,1H3. The van der Waals surface area contributed by atoms with Crippen LogP contribution in [0.15, 0.2) is 30.5 Å². The highest BCUT2D eigenvalue weighted by molar-refractivity contribution is 5.77. The normalized spacial score (nSPS) is 14.4. The monoisotopic (exact) mass is 303 g/mol. The van der Waals surface area contributed by atoms with Crippen LogP contribution in [0.3, 0.4) is 0 Å². The molecule has 0 atom stereocenters. The Hall–Kier alpha value is -2.37. The predicted molar refractivity (Wildman–Crippen MR) is 78.8 cm³/mol. The molecule has 1 aliphatic heterocycles. The fourth-order valence-corrected chi connectivity index (χ4v) is 2.69. The van der Waals surface area contributed by atoms with Crippen molar-refractivity contribution >= 4 is 5.91 Å². The van der Waals surface area contributed by atoms with Crippen LogP contribution in [-0.2, 0) is 24.8 Å². The Morgan fingerprint density at radius 1 is 1.45 bits per heavy atom. The van der Waals surface area contributed by atoms with Gasteiger partial charge in [0.2, 0.25) is 0 Å². The SMILES string of the molecule is Cn1ncc2c1CCCN(C(=O)COc1cccc(F)c1)C2. The second-order valence-electron chi connectivity index (χ2n) is 5.41. The first-order valence-electron chi connectivity index (χ1n) is 7.29. The van der Waals surface area contributed by atoms with E-state index in [0.717, 1.165) is 18.4 Å². The summed E-state index contributed by atoms with van der Waals surface area (Å²) in [6.07, 6.45) is 3.63. The summed E-state index contributed by atoms with van der Waals surface area (Å²) in [6.45, 7) is 1.16. The molecule has 2 aromatic rings. The zero-order valence-electron chi connectivity index (χ0n) is 12.5. The summed E-state index contributed by atoms with van der Waals surface area (Å²) in [5.74, 6) is -0.106. The number of ether oxygens (including phenoxy) is 1. The third kappa shape index (κ3) is 3.10. The Kier molecular flexibility index (Phi) is 4.09. The van der Waals surface area contributed by atoms with E-state index in [4.69, 9.17) is 4.74 Å². The lowest BCUT2D eigenvalue weighted by molar-refractivity contribution is -0.134. The Balaban J connectivity index is 1.63. The highest BCUT2D eigenvalue weighted by Crippen LogP contribution is 2.18. The molecule has 0 fully saturated rings. The molecule has 0 saturated heterocycles. The fourth-order valence-electron chi connectivity index (χ4n) is 2.69. The Bertz CT molecular complexity index is 684. The highest BCUT2D eigenvalue weighted by atomic mass is 19.1. The van der Waals surface area contributed by atoms with Crippen LogP contribution in [0.5, 0.6) is 5.75 Å². The number of benzene rings is 1. The molecule has 1 aromatic heterocycles. The van der Waals surface area contributed by atoms with E-state index in [9.17, 15) is 9.18 Å². The first kappa shape index (κ1) is 14.6. The summed E-state index contributed by atoms with van der Waals surface area (Å²) >= 11 is 0. The van der Waals surface area contributed by atoms with Gasteiger partial charge in [-0.05, 0) is 25.0 Å². The number of aromatic nitrogens is 2. The molecule has 1 aliphatic rings. The Morgan fingerprint density at radius 3 is 3.14 bits per heavy atom. The van der Waals surface area contributed by atoms with Crippen molar-refractivity contribution in [3.05, 3.63) is 47.5 Å². The van der Waals surface area contributed by atoms with Gasteiger partial charge in [0, 0.05) is 37.5 Å². The average molecular weight is 303 g/mol. The van der Waals surface area contributed by atoms with E-state index in [1.807, 2.05) is 17.9 Å². The number of nitrogens with zero attached hydrogens (tertiary/aromatic N) is 3. The number of carbonyl (C=O) groups excluding carboxylic acids is 1. The number of carbonyl (C=O) groups is 1. The molecule has 0 aliphatic carbocycles. The highest BCUT2D eigenvalue weighted by Gasteiger charge is 2.21. The van der Waals surface area contributed by atoms with Crippen molar-refractivity contribution in [1.29, 1.82) is 0 Å². The minimum absolute atomic E-state index is 0.0843. The predicted octanol–water partition coefficient (Wildman–Crippen LogP) is 1.91. The van der Waals surface area contributed by atoms with Gasteiger partial charge in [0.05, 0.1) is 6.20 Å². The largest absolute Gasteiger partial charge is 0.484 e. The maximum absolute atomic E-state index is 13.1. The van der Waals surface area contributed by atoms with E-state index in [2.05, 4.69) is 5.10 Å². The first-order chi connectivity index (χ1) is 10.6. The quantitative estimate of drug-likeness (QED) is 0.870. The Morgan fingerprint density at radius 2 is 2.32 bits per heavy atom. The van der Waals surface area contributed by atoms with Gasteiger partial charge < -0.3 is 9.64 Å². The molecule has 5 nitrogen and oxygen atoms in total. The van der Waals surface area contributed by atoms with Crippen molar-refractivity contribution in [2.24, 2.45) is 7.05 Å². The van der Waals surface area contributed by atoms with Crippen LogP contribution in [0.25, 0.3) is 0 Å². The van der Waals surface area contributed by atoms with Crippen LogP contribution in [0.1, 0.15) is 17.7 Å². The lowest BCUT2D eigenvalue weighted by atomic mass is 10.2. The summed E-state index contributed by atoms with van der Waals surface area (Å²) in [7, 11) is 1.92. The molecule has 116 valence electrons. The molecule has 1 aromatic carbocycles. The molecule has 3 rings (SSSR count). The Labute approximate surface area is 128 Å². The van der Waals surface area contributed by atoms with Crippen LogP contribution < -0.4 is 4.74 Å². The summed E-state index contributed by atoms with van der Waals surface area (Å²) in [4.78, 5) is 14.1. The number of amides is 1. The van der Waals surface area contributed by atoms with E-state index in [1.54, 1.807) is 17.0 Å². The number of hydrogen-bond donors (Lipinski definition) is 0. The van der Waals surface area contributed by atoms with Crippen molar-refractivity contribution in [3.63, 3.8) is 0 Å². The minimum Gasteiger partial charge on any atom is -0.484 e. The van der Waals surface area contributed by atoms with Crippen molar-refractivity contribution < 1.29 is 13.9 Å². The summed E-state index contributed by atoms with van der Waals surface area (Å²) in [6, 6.07) is 5.81. The number of hydrogen-bond acceptors (Lipinski definition) is 3. The van der Waals surface area contributed by atoms with E-state index in [-0.39, 0.29) is 18.3 Å². The van der Waals surface area contributed by atoms with Crippen molar-refractivity contribution in [3.8, 4) is 5.75 Å². The zero-order chi connectivity index (χ0) is 15.5. The summed E-state index contributed by atoms with van der Waals surface area (Å²) in [5, 5.41) is 4.24. The maximum Gasteiger partial charge on any atom is 0.260 e. The molecule has 0 spiro atoms. The lowest BCUT2D eigenvalue weighted by Gasteiger charge is -2.20. The number of fused-ring (bicyclic) bond motifs is 1. The molecule has 22 heavy (non-hydrogen) atoms. The van der Waals surface area contributed by atoms with E-state index in [0.29, 0.717) is 18.8 Å². The topological polar surface area (TPSA) is 47.4 Å². The van der Waals surface area contributed by atoms with Crippen molar-refractivity contribution in [1.82, 2.24) is 14.7 Å². The van der Waals surface area contributed by atoms with Crippen LogP contribution in [0.2, 0.25) is 0 Å². The van der Waals surface area contributed by atoms with Gasteiger partial charge in [-0.3, -0.25) is 9.48 Å². The number of halogens is 1. The van der Waals surface area contributed by atoms with Crippen LogP contribution in [0, 0.1) is 5.82 Å². The number of aryl methyl sites for hydroxylation is 1. The van der Waals surface area contributed by atoms with Crippen LogP contribution in [0.4, 0.5) is 4.39 Å². The zero-order valence-corrected chi connectivity index (χ0v) is 12.5. The molecule has 1 amide bonds. The molecule has 0 unspecified atom stereocenters. The molecular weight excluding hydrogens is 285 g/mol.